The minimum Gasteiger partial charge on any atom is -0.468 e. The van der Waals surface area contributed by atoms with Crippen molar-refractivity contribution in [2.75, 3.05) is 0 Å². The molecule has 2 rings (SSSR count). The second kappa shape index (κ2) is 5.54. The van der Waals surface area contributed by atoms with Crippen molar-refractivity contribution in [2.45, 2.75) is 31.5 Å². The van der Waals surface area contributed by atoms with Gasteiger partial charge in [0.2, 0.25) is 0 Å². The third-order valence-electron chi connectivity index (χ3n) is 2.94. The summed E-state index contributed by atoms with van der Waals surface area (Å²) in [6.07, 6.45) is 4.08. The van der Waals surface area contributed by atoms with E-state index in [0.29, 0.717) is 0 Å². The number of rotatable bonds is 4. The van der Waals surface area contributed by atoms with Gasteiger partial charge in [0.05, 0.1) is 11.1 Å². The lowest BCUT2D eigenvalue weighted by molar-refractivity contribution is 0.517. The Morgan fingerprint density at radius 2 is 1.88 bits per heavy atom. The van der Waals surface area contributed by atoms with Crippen molar-refractivity contribution >= 4 is 15.9 Å². The van der Waals surface area contributed by atoms with Gasteiger partial charge in [-0.25, -0.2) is 0 Å². The topological polar surface area (TPSA) is 13.1 Å². The zero-order chi connectivity index (χ0) is 12.3. The summed E-state index contributed by atoms with van der Waals surface area (Å²) in [5, 5.41) is 0. The highest BCUT2D eigenvalue weighted by atomic mass is 79.9. The highest BCUT2D eigenvalue weighted by Crippen LogP contribution is 2.33. The summed E-state index contributed by atoms with van der Waals surface area (Å²) in [7, 11) is 0. The molecule has 0 radical (unpaired) electrons. The van der Waals surface area contributed by atoms with Crippen LogP contribution in [0.4, 0.5) is 0 Å². The molecule has 0 saturated heterocycles. The molecule has 90 valence electrons. The Hall–Kier alpha value is -1.02. The van der Waals surface area contributed by atoms with Crippen molar-refractivity contribution in [1.29, 1.82) is 0 Å². The summed E-state index contributed by atoms with van der Waals surface area (Å²) < 4.78 is 5.51. The van der Waals surface area contributed by atoms with E-state index in [1.165, 1.54) is 23.1 Å². The molecule has 1 unspecified atom stereocenters. The van der Waals surface area contributed by atoms with Crippen molar-refractivity contribution in [2.24, 2.45) is 0 Å². The van der Waals surface area contributed by atoms with Crippen LogP contribution < -0.4 is 0 Å². The van der Waals surface area contributed by atoms with Crippen molar-refractivity contribution in [3.8, 4) is 0 Å². The van der Waals surface area contributed by atoms with E-state index >= 15 is 0 Å². The lowest BCUT2D eigenvalue weighted by Crippen LogP contribution is -1.93. The number of furan rings is 1. The largest absolute Gasteiger partial charge is 0.468 e. The molecular formula is C15H17BrO. The van der Waals surface area contributed by atoms with Crippen LogP contribution in [0.1, 0.15) is 40.6 Å². The first-order valence-electron chi connectivity index (χ1n) is 5.99. The lowest BCUT2D eigenvalue weighted by Gasteiger charge is -2.09. The van der Waals surface area contributed by atoms with E-state index in [-0.39, 0.29) is 4.83 Å². The van der Waals surface area contributed by atoms with E-state index in [1.807, 2.05) is 6.07 Å². The van der Waals surface area contributed by atoms with Gasteiger partial charge in [-0.3, -0.25) is 0 Å². The zero-order valence-corrected chi connectivity index (χ0v) is 11.8. The van der Waals surface area contributed by atoms with Gasteiger partial charge in [0.25, 0.3) is 0 Å². The first-order valence-corrected chi connectivity index (χ1v) is 6.91. The molecule has 1 atom stereocenters. The molecule has 0 aliphatic heterocycles. The second-order valence-electron chi connectivity index (χ2n) is 4.32. The number of alkyl halides is 1. The standard InChI is InChI=1S/C15H17BrO/c1-3-4-12-5-7-13(8-6-12)14(16)15-11(2)9-10-17-15/h5-10,14H,3-4H2,1-2H3. The van der Waals surface area contributed by atoms with Crippen LogP contribution in [0, 0.1) is 6.92 Å². The van der Waals surface area contributed by atoms with Crippen LogP contribution in [0.2, 0.25) is 0 Å². The number of halogens is 1. The first-order chi connectivity index (χ1) is 8.22. The molecule has 1 nitrogen and oxygen atoms in total. The Labute approximate surface area is 111 Å². The minimum absolute atomic E-state index is 0.146. The number of hydrogen-bond donors (Lipinski definition) is 0. The molecule has 2 heteroatoms. The summed E-state index contributed by atoms with van der Waals surface area (Å²) in [5.41, 5.74) is 3.82. The predicted octanol–water partition coefficient (Wildman–Crippen LogP) is 5.02. The molecule has 0 aliphatic carbocycles. The van der Waals surface area contributed by atoms with Gasteiger partial charge < -0.3 is 4.42 Å². The van der Waals surface area contributed by atoms with Crippen LogP contribution in [-0.2, 0) is 6.42 Å². The molecule has 0 fully saturated rings. The highest BCUT2D eigenvalue weighted by molar-refractivity contribution is 9.09. The van der Waals surface area contributed by atoms with Crippen LogP contribution in [0.15, 0.2) is 41.0 Å². The molecule has 1 aromatic heterocycles. The molecule has 0 amide bonds. The maximum absolute atomic E-state index is 5.51. The Morgan fingerprint density at radius 3 is 2.41 bits per heavy atom. The van der Waals surface area contributed by atoms with Crippen molar-refractivity contribution in [3.63, 3.8) is 0 Å². The molecule has 0 aliphatic rings. The van der Waals surface area contributed by atoms with Gasteiger partial charge in [0.1, 0.15) is 5.76 Å². The SMILES string of the molecule is CCCc1ccc(C(Br)c2occc2C)cc1. The quantitative estimate of drug-likeness (QED) is 0.721. The van der Waals surface area contributed by atoms with Crippen LogP contribution in [-0.4, -0.2) is 0 Å². The molecule has 0 spiro atoms. The molecule has 0 saturated carbocycles. The molecular weight excluding hydrogens is 276 g/mol. The fourth-order valence-corrected chi connectivity index (χ4v) is 2.71. The summed E-state index contributed by atoms with van der Waals surface area (Å²) in [6, 6.07) is 10.7. The van der Waals surface area contributed by atoms with E-state index in [4.69, 9.17) is 4.42 Å². The van der Waals surface area contributed by atoms with E-state index < -0.39 is 0 Å². The average Bonchev–Trinajstić information content (AvgIpc) is 2.76. The fraction of sp³-hybridized carbons (Fsp3) is 0.333. The first kappa shape index (κ1) is 12.4. The Kier molecular flexibility index (Phi) is 4.06. The summed E-state index contributed by atoms with van der Waals surface area (Å²) in [5.74, 6) is 0.994. The number of benzene rings is 1. The van der Waals surface area contributed by atoms with Gasteiger partial charge in [-0.05, 0) is 36.1 Å². The molecule has 0 bridgehead atoms. The molecule has 1 aromatic carbocycles. The van der Waals surface area contributed by atoms with E-state index in [0.717, 1.165) is 12.2 Å². The smallest absolute Gasteiger partial charge is 0.124 e. The third kappa shape index (κ3) is 2.81. The van der Waals surface area contributed by atoms with E-state index in [1.54, 1.807) is 6.26 Å². The average molecular weight is 293 g/mol. The molecule has 17 heavy (non-hydrogen) atoms. The van der Waals surface area contributed by atoms with Crippen LogP contribution in [0.25, 0.3) is 0 Å². The molecule has 1 heterocycles. The van der Waals surface area contributed by atoms with Crippen molar-refractivity contribution in [1.82, 2.24) is 0 Å². The maximum atomic E-state index is 5.51. The van der Waals surface area contributed by atoms with Crippen molar-refractivity contribution < 1.29 is 4.42 Å². The van der Waals surface area contributed by atoms with Gasteiger partial charge in [0.15, 0.2) is 0 Å². The van der Waals surface area contributed by atoms with E-state index in [2.05, 4.69) is 54.0 Å². The molecule has 0 N–H and O–H groups in total. The number of hydrogen-bond acceptors (Lipinski definition) is 1. The second-order valence-corrected chi connectivity index (χ2v) is 5.24. The molecule has 2 aromatic rings. The summed E-state index contributed by atoms with van der Waals surface area (Å²) >= 11 is 3.69. The third-order valence-corrected chi connectivity index (χ3v) is 3.89. The van der Waals surface area contributed by atoms with Gasteiger partial charge >= 0.3 is 0 Å². The monoisotopic (exact) mass is 292 g/mol. The van der Waals surface area contributed by atoms with Crippen LogP contribution in [0.5, 0.6) is 0 Å². The van der Waals surface area contributed by atoms with Crippen molar-refractivity contribution in [3.05, 3.63) is 59.0 Å². The van der Waals surface area contributed by atoms with Crippen LogP contribution in [0.3, 0.4) is 0 Å². The van der Waals surface area contributed by atoms with E-state index in [9.17, 15) is 0 Å². The van der Waals surface area contributed by atoms with Crippen LogP contribution >= 0.6 is 15.9 Å². The summed E-state index contributed by atoms with van der Waals surface area (Å²) in [6.45, 7) is 4.27. The fourth-order valence-electron chi connectivity index (χ4n) is 1.94. The maximum Gasteiger partial charge on any atom is 0.124 e. The Morgan fingerprint density at radius 1 is 1.18 bits per heavy atom. The Bertz CT molecular complexity index is 470. The van der Waals surface area contributed by atoms with Gasteiger partial charge in [0, 0.05) is 0 Å². The van der Waals surface area contributed by atoms with Gasteiger partial charge in [-0.15, -0.1) is 0 Å². The minimum atomic E-state index is 0.146. The Balaban J connectivity index is 2.20. The lowest BCUT2D eigenvalue weighted by atomic mass is 10.0. The predicted molar refractivity (Wildman–Crippen MR) is 74.7 cm³/mol. The number of aryl methyl sites for hydroxylation is 2. The van der Waals surface area contributed by atoms with Gasteiger partial charge in [-0.2, -0.15) is 0 Å². The summed E-state index contributed by atoms with van der Waals surface area (Å²) in [4.78, 5) is 0.146. The zero-order valence-electron chi connectivity index (χ0n) is 10.2. The normalized spacial score (nSPS) is 12.6. The highest BCUT2D eigenvalue weighted by Gasteiger charge is 2.15. The van der Waals surface area contributed by atoms with Gasteiger partial charge in [-0.1, -0.05) is 53.5 Å².